The highest BCUT2D eigenvalue weighted by Crippen LogP contribution is 2.01. The molecule has 0 radical (unpaired) electrons. The molecule has 1 atom stereocenters. The maximum Gasteiger partial charge on any atom is 0.250 e. The third kappa shape index (κ3) is 2.49. The van der Waals surface area contributed by atoms with E-state index in [1.165, 1.54) is 18.6 Å². The first-order valence-electron chi connectivity index (χ1n) is 3.91. The van der Waals surface area contributed by atoms with Crippen LogP contribution in [-0.4, -0.2) is 20.2 Å². The van der Waals surface area contributed by atoms with Gasteiger partial charge in [-0.25, -0.2) is 4.98 Å². The summed E-state index contributed by atoms with van der Waals surface area (Å²) in [4.78, 5) is 30.2. The van der Waals surface area contributed by atoms with Crippen LogP contribution in [0.5, 0.6) is 0 Å². The Morgan fingerprint density at radius 3 is 2.71 bits per heavy atom. The van der Waals surface area contributed by atoms with Crippen LogP contribution >= 0.6 is 0 Å². The standard InChI is InChI=1S/C8H8N2O2S2/c1-2-7(11)14(13)8(12)6-5-9-3-4-10-6/h3-5H,2H2,1H3. The lowest BCUT2D eigenvalue weighted by atomic mass is 10.5. The number of rotatable bonds is 2. The van der Waals surface area contributed by atoms with Crippen LogP contribution in [0.15, 0.2) is 18.6 Å². The van der Waals surface area contributed by atoms with Crippen molar-refractivity contribution >= 4 is 30.9 Å². The molecule has 0 spiro atoms. The summed E-state index contributed by atoms with van der Waals surface area (Å²) >= 11 is 4.82. The molecular formula is C8H8N2O2S2. The number of hydrogen-bond donors (Lipinski definition) is 0. The van der Waals surface area contributed by atoms with Crippen molar-refractivity contribution < 1.29 is 9.59 Å². The molecule has 1 heterocycles. The molecule has 0 saturated heterocycles. The highest BCUT2D eigenvalue weighted by atomic mass is 32.8. The molecule has 1 aromatic rings. The van der Waals surface area contributed by atoms with Gasteiger partial charge in [0.05, 0.1) is 6.20 Å². The number of carbonyl (C=O) groups is 2. The zero-order valence-electron chi connectivity index (χ0n) is 7.47. The van der Waals surface area contributed by atoms with Crippen molar-refractivity contribution in [1.82, 2.24) is 9.97 Å². The average molecular weight is 228 g/mol. The minimum absolute atomic E-state index is 0.160. The second kappa shape index (κ2) is 5.02. The van der Waals surface area contributed by atoms with E-state index in [4.69, 9.17) is 11.2 Å². The lowest BCUT2D eigenvalue weighted by molar-refractivity contribution is -0.110. The Morgan fingerprint density at radius 1 is 1.50 bits per heavy atom. The van der Waals surface area contributed by atoms with E-state index in [0.29, 0.717) is 0 Å². The van der Waals surface area contributed by atoms with Crippen LogP contribution in [0.3, 0.4) is 0 Å². The monoisotopic (exact) mass is 228 g/mol. The Hall–Kier alpha value is -1.01. The summed E-state index contributed by atoms with van der Waals surface area (Å²) in [5.74, 6) is 0. The van der Waals surface area contributed by atoms with Crippen LogP contribution in [0.2, 0.25) is 0 Å². The summed E-state index contributed by atoms with van der Waals surface area (Å²) in [6.07, 6.45) is 4.45. The van der Waals surface area contributed by atoms with Crippen LogP contribution in [0.25, 0.3) is 0 Å². The molecule has 6 heteroatoms. The van der Waals surface area contributed by atoms with E-state index in [-0.39, 0.29) is 17.2 Å². The maximum absolute atomic E-state index is 11.5. The van der Waals surface area contributed by atoms with Gasteiger partial charge in [-0.2, -0.15) is 0 Å². The van der Waals surface area contributed by atoms with Crippen LogP contribution < -0.4 is 0 Å². The molecule has 0 amide bonds. The smallest absolute Gasteiger partial charge is 0.250 e. The molecule has 1 aromatic heterocycles. The summed E-state index contributed by atoms with van der Waals surface area (Å²) in [7, 11) is -1.31. The largest absolute Gasteiger partial charge is 0.286 e. The first kappa shape index (κ1) is 11.1. The summed E-state index contributed by atoms with van der Waals surface area (Å²) in [6.45, 7) is 1.68. The summed E-state index contributed by atoms with van der Waals surface area (Å²) in [5, 5.41) is -0.643. The Balaban J connectivity index is 2.87. The van der Waals surface area contributed by atoms with Crippen molar-refractivity contribution in [3.8, 4) is 0 Å². The summed E-state index contributed by atoms with van der Waals surface area (Å²) < 4.78 is 0. The molecule has 0 fully saturated rings. The zero-order valence-corrected chi connectivity index (χ0v) is 9.10. The molecule has 0 saturated carbocycles. The van der Waals surface area contributed by atoms with Crippen molar-refractivity contribution in [2.45, 2.75) is 13.3 Å². The highest BCUT2D eigenvalue weighted by molar-refractivity contribution is 8.45. The van der Waals surface area contributed by atoms with Crippen LogP contribution in [0, 0.1) is 0 Å². The number of aromatic nitrogens is 2. The molecule has 14 heavy (non-hydrogen) atoms. The molecule has 1 unspecified atom stereocenters. The van der Waals surface area contributed by atoms with Gasteiger partial charge in [-0.15, -0.1) is 0 Å². The Morgan fingerprint density at radius 2 is 2.21 bits per heavy atom. The van der Waals surface area contributed by atoms with E-state index in [1.54, 1.807) is 6.92 Å². The minimum Gasteiger partial charge on any atom is -0.286 e. The fourth-order valence-corrected chi connectivity index (χ4v) is 2.11. The average Bonchev–Trinajstić information content (AvgIpc) is 2.27. The lowest BCUT2D eigenvalue weighted by Crippen LogP contribution is -2.16. The number of nitrogens with zero attached hydrogens (tertiary/aromatic N) is 2. The molecular weight excluding hydrogens is 220 g/mol. The number of carbonyl (C=O) groups excluding carboxylic acids is 2. The molecule has 4 nitrogen and oxygen atoms in total. The number of hydrogen-bond acceptors (Lipinski definition) is 5. The van der Waals surface area contributed by atoms with Gasteiger partial charge in [0, 0.05) is 28.3 Å². The van der Waals surface area contributed by atoms with Gasteiger partial charge in [-0.1, -0.05) is 6.92 Å². The lowest BCUT2D eigenvalue weighted by Gasteiger charge is -1.99. The van der Waals surface area contributed by atoms with Gasteiger partial charge < -0.3 is 0 Å². The third-order valence-electron chi connectivity index (χ3n) is 1.44. The molecule has 0 aliphatic rings. The van der Waals surface area contributed by atoms with Gasteiger partial charge in [0.25, 0.3) is 5.12 Å². The van der Waals surface area contributed by atoms with Crippen molar-refractivity contribution in [1.29, 1.82) is 0 Å². The molecule has 0 aromatic carbocycles. The first-order chi connectivity index (χ1) is 6.66. The van der Waals surface area contributed by atoms with E-state index >= 15 is 0 Å². The molecule has 0 aliphatic carbocycles. The molecule has 1 rings (SSSR count). The van der Waals surface area contributed by atoms with Crippen molar-refractivity contribution in [2.75, 3.05) is 0 Å². The Kier molecular flexibility index (Phi) is 3.97. The SMILES string of the molecule is CCC(=O)S(=S)C(=O)c1cnccn1. The second-order valence-corrected chi connectivity index (χ2v) is 4.74. The van der Waals surface area contributed by atoms with E-state index in [2.05, 4.69) is 9.97 Å². The van der Waals surface area contributed by atoms with Gasteiger partial charge in [-0.3, -0.25) is 14.6 Å². The summed E-state index contributed by atoms with van der Waals surface area (Å²) in [6, 6.07) is 0. The third-order valence-corrected chi connectivity index (χ3v) is 3.70. The van der Waals surface area contributed by atoms with Crippen molar-refractivity contribution in [3.05, 3.63) is 24.3 Å². The van der Waals surface area contributed by atoms with Gasteiger partial charge in [0.2, 0.25) is 0 Å². The van der Waals surface area contributed by atoms with Crippen LogP contribution in [0.1, 0.15) is 23.8 Å². The normalized spacial score (nSPS) is 12.1. The van der Waals surface area contributed by atoms with E-state index in [9.17, 15) is 9.59 Å². The second-order valence-electron chi connectivity index (χ2n) is 2.37. The van der Waals surface area contributed by atoms with Crippen molar-refractivity contribution in [3.63, 3.8) is 0 Å². The van der Waals surface area contributed by atoms with E-state index < -0.39 is 14.6 Å². The predicted octanol–water partition coefficient (Wildman–Crippen LogP) is 0.634. The molecule has 0 N–H and O–H groups in total. The molecule has 0 bridgehead atoms. The minimum atomic E-state index is -1.31. The maximum atomic E-state index is 11.5. The van der Waals surface area contributed by atoms with Crippen molar-refractivity contribution in [2.24, 2.45) is 0 Å². The van der Waals surface area contributed by atoms with Gasteiger partial charge >= 0.3 is 0 Å². The predicted molar refractivity (Wildman–Crippen MR) is 56.4 cm³/mol. The Labute approximate surface area is 88.4 Å². The van der Waals surface area contributed by atoms with E-state index in [1.807, 2.05) is 0 Å². The summed E-state index contributed by atoms with van der Waals surface area (Å²) in [5.41, 5.74) is 0.160. The zero-order chi connectivity index (χ0) is 10.6. The van der Waals surface area contributed by atoms with Crippen LogP contribution in [0.4, 0.5) is 0 Å². The van der Waals surface area contributed by atoms with Gasteiger partial charge in [0.15, 0.2) is 5.12 Å². The molecule has 0 aliphatic heterocycles. The molecule has 74 valence electrons. The quantitative estimate of drug-likeness (QED) is 0.743. The van der Waals surface area contributed by atoms with Gasteiger partial charge in [-0.05, 0) is 11.2 Å². The fraction of sp³-hybridized carbons (Fsp3) is 0.250. The topological polar surface area (TPSA) is 59.9 Å². The van der Waals surface area contributed by atoms with Crippen LogP contribution in [-0.2, 0) is 25.4 Å². The fourth-order valence-electron chi connectivity index (χ4n) is 0.734. The Bertz CT molecular complexity index is 378. The first-order valence-corrected chi connectivity index (χ1v) is 6.06. The highest BCUT2D eigenvalue weighted by Gasteiger charge is 2.17. The van der Waals surface area contributed by atoms with Gasteiger partial charge in [0.1, 0.15) is 5.69 Å². The van der Waals surface area contributed by atoms with E-state index in [0.717, 1.165) is 0 Å².